The minimum absolute atomic E-state index is 0.0111. The van der Waals surface area contributed by atoms with Crippen molar-refractivity contribution >= 4 is 0 Å². The van der Waals surface area contributed by atoms with Crippen LogP contribution < -0.4 is 5.73 Å². The molecule has 1 atom stereocenters. The molecular formula is C13H19NO2. The Morgan fingerprint density at radius 2 is 2.00 bits per heavy atom. The Balaban J connectivity index is 2.07. The second kappa shape index (κ2) is 4.95. The first kappa shape index (κ1) is 11.6. The van der Waals surface area contributed by atoms with Crippen LogP contribution in [0.4, 0.5) is 0 Å². The second-order valence-electron chi connectivity index (χ2n) is 4.37. The maximum Gasteiger partial charge on any atom is 0.159 e. The largest absolute Gasteiger partial charge is 0.350 e. The van der Waals surface area contributed by atoms with E-state index in [1.165, 1.54) is 16.7 Å². The summed E-state index contributed by atoms with van der Waals surface area (Å²) in [6.45, 7) is 5.54. The van der Waals surface area contributed by atoms with Gasteiger partial charge >= 0.3 is 0 Å². The first-order chi connectivity index (χ1) is 7.66. The van der Waals surface area contributed by atoms with E-state index in [2.05, 4.69) is 32.0 Å². The SMILES string of the molecule is Cc1ccc(C)c(C(N)CC2OCCO2)c1. The van der Waals surface area contributed by atoms with E-state index in [-0.39, 0.29) is 12.3 Å². The van der Waals surface area contributed by atoms with E-state index in [0.717, 1.165) is 6.42 Å². The third-order valence-electron chi connectivity index (χ3n) is 2.97. The van der Waals surface area contributed by atoms with E-state index in [1.807, 2.05) is 0 Å². The van der Waals surface area contributed by atoms with Crippen LogP contribution in [-0.2, 0) is 9.47 Å². The highest BCUT2D eigenvalue weighted by Crippen LogP contribution is 2.23. The summed E-state index contributed by atoms with van der Waals surface area (Å²) in [7, 11) is 0. The van der Waals surface area contributed by atoms with Gasteiger partial charge in [-0.25, -0.2) is 0 Å². The van der Waals surface area contributed by atoms with Crippen molar-refractivity contribution in [2.45, 2.75) is 32.6 Å². The summed E-state index contributed by atoms with van der Waals surface area (Å²) in [6.07, 6.45) is 0.597. The van der Waals surface area contributed by atoms with Crippen molar-refractivity contribution in [3.63, 3.8) is 0 Å². The third-order valence-corrected chi connectivity index (χ3v) is 2.97. The molecule has 2 N–H and O–H groups in total. The molecule has 1 fully saturated rings. The number of hydrogen-bond acceptors (Lipinski definition) is 3. The maximum absolute atomic E-state index is 6.18. The molecule has 1 aliphatic rings. The first-order valence-electron chi connectivity index (χ1n) is 5.73. The summed E-state index contributed by atoms with van der Waals surface area (Å²) in [5, 5.41) is 0. The van der Waals surface area contributed by atoms with Gasteiger partial charge < -0.3 is 15.2 Å². The van der Waals surface area contributed by atoms with Crippen LogP contribution in [0.25, 0.3) is 0 Å². The predicted octanol–water partition coefficient (Wildman–Crippen LogP) is 2.07. The molecule has 1 aromatic rings. The summed E-state index contributed by atoms with van der Waals surface area (Å²) in [5.41, 5.74) is 9.85. The fourth-order valence-electron chi connectivity index (χ4n) is 2.04. The van der Waals surface area contributed by atoms with Crippen LogP contribution in [0.15, 0.2) is 18.2 Å². The third kappa shape index (κ3) is 2.61. The molecule has 0 spiro atoms. The lowest BCUT2D eigenvalue weighted by Crippen LogP contribution is -2.20. The summed E-state index contributed by atoms with van der Waals surface area (Å²) in [4.78, 5) is 0. The molecule has 2 rings (SSSR count). The Morgan fingerprint density at radius 3 is 2.69 bits per heavy atom. The Bertz CT molecular complexity index is 359. The molecule has 1 heterocycles. The summed E-state index contributed by atoms with van der Waals surface area (Å²) < 4.78 is 10.8. The molecule has 3 heteroatoms. The Kier molecular flexibility index (Phi) is 3.59. The fourth-order valence-corrected chi connectivity index (χ4v) is 2.04. The molecule has 0 aliphatic carbocycles. The monoisotopic (exact) mass is 221 g/mol. The number of aryl methyl sites for hydroxylation is 2. The standard InChI is InChI=1S/C13H19NO2/c1-9-3-4-10(2)11(7-9)12(14)8-13-15-5-6-16-13/h3-4,7,12-13H,5-6,8,14H2,1-2H3. The average molecular weight is 221 g/mol. The minimum atomic E-state index is -0.130. The highest BCUT2D eigenvalue weighted by molar-refractivity contribution is 5.32. The van der Waals surface area contributed by atoms with Crippen molar-refractivity contribution in [1.29, 1.82) is 0 Å². The molecular weight excluding hydrogens is 202 g/mol. The van der Waals surface area contributed by atoms with Crippen molar-refractivity contribution in [1.82, 2.24) is 0 Å². The first-order valence-corrected chi connectivity index (χ1v) is 5.73. The smallest absolute Gasteiger partial charge is 0.159 e. The van der Waals surface area contributed by atoms with E-state index in [9.17, 15) is 0 Å². The van der Waals surface area contributed by atoms with Crippen LogP contribution in [0, 0.1) is 13.8 Å². The van der Waals surface area contributed by atoms with Crippen LogP contribution in [-0.4, -0.2) is 19.5 Å². The molecule has 0 aromatic heterocycles. The number of nitrogens with two attached hydrogens (primary N) is 1. The zero-order valence-electron chi connectivity index (χ0n) is 9.90. The van der Waals surface area contributed by atoms with Gasteiger partial charge in [0.1, 0.15) is 0 Å². The molecule has 16 heavy (non-hydrogen) atoms. The van der Waals surface area contributed by atoms with Gasteiger partial charge in [-0.15, -0.1) is 0 Å². The van der Waals surface area contributed by atoms with E-state index in [0.29, 0.717) is 13.2 Å². The van der Waals surface area contributed by atoms with Crippen LogP contribution in [0.3, 0.4) is 0 Å². The highest BCUT2D eigenvalue weighted by Gasteiger charge is 2.21. The molecule has 1 unspecified atom stereocenters. The lowest BCUT2D eigenvalue weighted by molar-refractivity contribution is -0.0508. The quantitative estimate of drug-likeness (QED) is 0.849. The average Bonchev–Trinajstić information content (AvgIpc) is 2.74. The molecule has 1 aliphatic heterocycles. The summed E-state index contributed by atoms with van der Waals surface area (Å²) in [5.74, 6) is 0. The van der Waals surface area contributed by atoms with E-state index < -0.39 is 0 Å². The zero-order valence-corrected chi connectivity index (χ0v) is 9.90. The Morgan fingerprint density at radius 1 is 1.31 bits per heavy atom. The van der Waals surface area contributed by atoms with Crippen molar-refractivity contribution in [2.75, 3.05) is 13.2 Å². The molecule has 0 saturated carbocycles. The number of benzene rings is 1. The normalized spacial score (nSPS) is 18.9. The maximum atomic E-state index is 6.18. The second-order valence-corrected chi connectivity index (χ2v) is 4.37. The van der Waals surface area contributed by atoms with Gasteiger partial charge in [0.2, 0.25) is 0 Å². The van der Waals surface area contributed by atoms with Crippen molar-refractivity contribution < 1.29 is 9.47 Å². The van der Waals surface area contributed by atoms with Crippen LogP contribution in [0.5, 0.6) is 0 Å². The highest BCUT2D eigenvalue weighted by atomic mass is 16.7. The topological polar surface area (TPSA) is 44.5 Å². The predicted molar refractivity (Wildman–Crippen MR) is 63.2 cm³/mol. The van der Waals surface area contributed by atoms with Gasteiger partial charge in [0, 0.05) is 12.5 Å². The Hall–Kier alpha value is -0.900. The summed E-state index contributed by atoms with van der Waals surface area (Å²) in [6, 6.07) is 6.35. The van der Waals surface area contributed by atoms with Gasteiger partial charge in [0.05, 0.1) is 13.2 Å². The van der Waals surface area contributed by atoms with Gasteiger partial charge in [0.25, 0.3) is 0 Å². The molecule has 0 amide bonds. The van der Waals surface area contributed by atoms with Crippen molar-refractivity contribution in [3.8, 4) is 0 Å². The van der Waals surface area contributed by atoms with Crippen LogP contribution >= 0.6 is 0 Å². The zero-order chi connectivity index (χ0) is 11.5. The van der Waals surface area contributed by atoms with Crippen LogP contribution in [0.1, 0.15) is 29.2 Å². The van der Waals surface area contributed by atoms with Crippen molar-refractivity contribution in [2.24, 2.45) is 5.73 Å². The molecule has 0 bridgehead atoms. The summed E-state index contributed by atoms with van der Waals surface area (Å²) >= 11 is 0. The molecule has 0 radical (unpaired) electrons. The van der Waals surface area contributed by atoms with E-state index in [4.69, 9.17) is 15.2 Å². The molecule has 3 nitrogen and oxygen atoms in total. The van der Waals surface area contributed by atoms with Gasteiger partial charge in [-0.2, -0.15) is 0 Å². The molecule has 1 saturated heterocycles. The van der Waals surface area contributed by atoms with Gasteiger partial charge in [0.15, 0.2) is 6.29 Å². The van der Waals surface area contributed by atoms with Gasteiger partial charge in [-0.3, -0.25) is 0 Å². The minimum Gasteiger partial charge on any atom is -0.350 e. The van der Waals surface area contributed by atoms with E-state index >= 15 is 0 Å². The Labute approximate surface area is 96.5 Å². The van der Waals surface area contributed by atoms with E-state index in [1.54, 1.807) is 0 Å². The lowest BCUT2D eigenvalue weighted by atomic mass is 9.97. The molecule has 88 valence electrons. The molecule has 1 aromatic carbocycles. The van der Waals surface area contributed by atoms with Gasteiger partial charge in [-0.05, 0) is 25.0 Å². The number of hydrogen-bond donors (Lipinski definition) is 1. The number of rotatable bonds is 3. The van der Waals surface area contributed by atoms with Gasteiger partial charge in [-0.1, -0.05) is 23.8 Å². The number of ether oxygens (including phenoxy) is 2. The fraction of sp³-hybridized carbons (Fsp3) is 0.538. The van der Waals surface area contributed by atoms with Crippen molar-refractivity contribution in [3.05, 3.63) is 34.9 Å². The lowest BCUT2D eigenvalue weighted by Gasteiger charge is -2.18. The van der Waals surface area contributed by atoms with Crippen LogP contribution in [0.2, 0.25) is 0 Å².